The van der Waals surface area contributed by atoms with Gasteiger partial charge in [0.15, 0.2) is 0 Å². The summed E-state index contributed by atoms with van der Waals surface area (Å²) in [4.78, 5) is 70.0. The van der Waals surface area contributed by atoms with Gasteiger partial charge in [0.1, 0.15) is 5.69 Å². The fourth-order valence-electron chi connectivity index (χ4n) is 7.26. The Morgan fingerprint density at radius 2 is 1.15 bits per heavy atom. The van der Waals surface area contributed by atoms with Crippen molar-refractivity contribution in [2.45, 2.75) is 38.5 Å². The van der Waals surface area contributed by atoms with Gasteiger partial charge in [-0.15, -0.1) is 0 Å². The molecule has 0 unspecified atom stereocenters. The number of imidazole rings is 1. The summed E-state index contributed by atoms with van der Waals surface area (Å²) in [6.45, 7) is 1.77. The summed E-state index contributed by atoms with van der Waals surface area (Å²) in [5.41, 5.74) is 0.676. The van der Waals surface area contributed by atoms with E-state index in [2.05, 4.69) is 104 Å². The van der Waals surface area contributed by atoms with E-state index >= 15 is 0 Å². The van der Waals surface area contributed by atoms with Crippen LogP contribution in [0.5, 0.6) is 0 Å². The molecule has 15 heteroatoms. The first kappa shape index (κ1) is 45.0. The number of hydrogen-bond acceptors (Lipinski definition) is 7. The van der Waals surface area contributed by atoms with Crippen molar-refractivity contribution in [1.82, 2.24) is 35.0 Å². The number of aryl methyl sites for hydroxylation is 2. The van der Waals surface area contributed by atoms with Gasteiger partial charge in [-0.05, 0) is 33.1 Å². The van der Waals surface area contributed by atoms with E-state index in [1.54, 1.807) is 24.9 Å². The number of unbranched alkanes of at least 4 members (excludes halogenated alkanes) is 1. The third-order valence-corrected chi connectivity index (χ3v) is 15.3. The second-order valence-corrected chi connectivity index (χ2v) is 19.2. The van der Waals surface area contributed by atoms with E-state index < -0.39 is 13.2 Å². The molecule has 5 N–H and O–H groups in total. The Kier molecular flexibility index (Phi) is 16.7. The van der Waals surface area contributed by atoms with E-state index in [0.717, 1.165) is 25.5 Å². The summed E-state index contributed by atoms with van der Waals surface area (Å²) < 4.78 is 3.06. The van der Waals surface area contributed by atoms with Crippen LogP contribution in [0.3, 0.4) is 0 Å². The number of nitrogens with zero attached hydrogens (tertiary/aromatic N) is 4. The van der Waals surface area contributed by atoms with E-state index in [0.29, 0.717) is 30.8 Å². The van der Waals surface area contributed by atoms with E-state index in [1.165, 1.54) is 32.7 Å². The molecule has 0 fully saturated rings. The van der Waals surface area contributed by atoms with Gasteiger partial charge in [-0.2, -0.15) is 0 Å². The average molecular weight is 836 g/mol. The van der Waals surface area contributed by atoms with Crippen LogP contribution in [0.1, 0.15) is 59.6 Å². The zero-order chi connectivity index (χ0) is 42.9. The molecule has 5 aromatic rings. The minimum Gasteiger partial charge on any atom is -0.344 e. The second-order valence-electron chi connectivity index (χ2n) is 15.1. The number of carbonyl (C=O) groups is 5. The number of rotatable bonds is 22. The second kappa shape index (κ2) is 22.3. The van der Waals surface area contributed by atoms with Crippen LogP contribution < -0.4 is 42.5 Å². The van der Waals surface area contributed by atoms with Gasteiger partial charge >= 0.3 is 202 Å². The molecular weight excluding hydrogens is 778 g/mol. The summed E-state index contributed by atoms with van der Waals surface area (Å²) in [6, 6.07) is 33.7. The maximum atomic E-state index is 13.1. The van der Waals surface area contributed by atoms with Crippen LogP contribution in [-0.4, -0.2) is 95.0 Å². The zero-order valence-corrected chi connectivity index (χ0v) is 36.0. The van der Waals surface area contributed by atoms with Crippen molar-refractivity contribution in [2.75, 3.05) is 57.1 Å². The van der Waals surface area contributed by atoms with E-state index in [1.807, 2.05) is 37.2 Å². The molecule has 0 spiro atoms. The Labute approximate surface area is 352 Å². The molecule has 2 heterocycles. The van der Waals surface area contributed by atoms with Gasteiger partial charge in [0.25, 0.3) is 11.8 Å². The van der Waals surface area contributed by atoms with Crippen molar-refractivity contribution < 1.29 is 24.0 Å². The molecule has 3 aromatic carbocycles. The third kappa shape index (κ3) is 12.7. The van der Waals surface area contributed by atoms with Crippen molar-refractivity contribution >= 4 is 64.2 Å². The Balaban J connectivity index is 1.04. The third-order valence-electron chi connectivity index (χ3n) is 10.3. The predicted octanol–water partition coefficient (Wildman–Crippen LogP) is 3.54. The summed E-state index contributed by atoms with van der Waals surface area (Å²) in [5, 5.41) is 17.9. The van der Waals surface area contributed by atoms with Crippen LogP contribution >= 0.6 is 7.26 Å². The SMILES string of the molecule is CN(C)CCCNC(=O)CCNC(=O)c1cc(NC(=O)c2nc(NC(=O)CCNC(=O)CCCC[PH](c3ccccc3)(c3ccccc3)c3ccccc3)cn2C)cn1C. The predicted molar refractivity (Wildman–Crippen MR) is 241 cm³/mol. The molecule has 0 aliphatic heterocycles. The summed E-state index contributed by atoms with van der Waals surface area (Å²) in [5.74, 6) is -1.29. The van der Waals surface area contributed by atoms with Gasteiger partial charge in [-0.3, -0.25) is 14.4 Å². The maximum absolute atomic E-state index is 13.1. The van der Waals surface area contributed by atoms with Gasteiger partial charge in [0.05, 0.1) is 5.69 Å². The molecule has 0 saturated heterocycles. The fraction of sp³-hybridized carbons (Fsp3) is 0.333. The van der Waals surface area contributed by atoms with Gasteiger partial charge in [0, 0.05) is 39.8 Å². The van der Waals surface area contributed by atoms with E-state index in [-0.39, 0.29) is 61.2 Å². The van der Waals surface area contributed by atoms with E-state index in [9.17, 15) is 24.0 Å². The van der Waals surface area contributed by atoms with Crippen molar-refractivity contribution in [3.8, 4) is 0 Å². The van der Waals surface area contributed by atoms with Crippen LogP contribution in [0.25, 0.3) is 0 Å². The molecule has 318 valence electrons. The number of nitrogens with one attached hydrogen (secondary N) is 5. The Bertz CT molecular complexity index is 2090. The molecule has 2 aromatic heterocycles. The first-order chi connectivity index (χ1) is 29.0. The normalized spacial score (nSPS) is 11.5. The van der Waals surface area contributed by atoms with Crippen LogP contribution in [0.15, 0.2) is 109 Å². The van der Waals surface area contributed by atoms with E-state index in [4.69, 9.17) is 0 Å². The minimum atomic E-state index is -2.37. The summed E-state index contributed by atoms with van der Waals surface area (Å²) in [6.07, 6.45) is 7.04. The molecule has 0 saturated carbocycles. The topological polar surface area (TPSA) is 171 Å². The number of aromatic nitrogens is 3. The van der Waals surface area contributed by atoms with Gasteiger partial charge < -0.3 is 30.0 Å². The number of amides is 5. The number of carbonyl (C=O) groups excluding carboxylic acids is 5. The van der Waals surface area contributed by atoms with Crippen molar-refractivity contribution in [3.63, 3.8) is 0 Å². The molecule has 0 radical (unpaired) electrons. The molecule has 0 bridgehead atoms. The molecular formula is C45H58N9O5P. The molecule has 5 amide bonds. The number of hydrogen-bond donors (Lipinski definition) is 5. The molecule has 60 heavy (non-hydrogen) atoms. The number of benzene rings is 3. The molecule has 0 aliphatic carbocycles. The van der Waals surface area contributed by atoms with Crippen molar-refractivity contribution in [3.05, 3.63) is 121 Å². The van der Waals surface area contributed by atoms with Crippen LogP contribution in [0.4, 0.5) is 11.5 Å². The van der Waals surface area contributed by atoms with Crippen molar-refractivity contribution in [2.24, 2.45) is 14.1 Å². The Morgan fingerprint density at radius 3 is 1.75 bits per heavy atom. The Morgan fingerprint density at radius 1 is 0.600 bits per heavy atom. The molecule has 14 nitrogen and oxygen atoms in total. The van der Waals surface area contributed by atoms with Crippen molar-refractivity contribution in [1.29, 1.82) is 0 Å². The van der Waals surface area contributed by atoms with Gasteiger partial charge in [-0.1, -0.05) is 0 Å². The summed E-state index contributed by atoms with van der Waals surface area (Å²) >= 11 is 0. The first-order valence-electron chi connectivity index (χ1n) is 20.4. The van der Waals surface area contributed by atoms with Gasteiger partial charge in [0.2, 0.25) is 11.7 Å². The minimum absolute atomic E-state index is 0.0339. The quantitative estimate of drug-likeness (QED) is 0.0525. The fourth-order valence-corrected chi connectivity index (χ4v) is 12.2. The molecule has 0 atom stereocenters. The van der Waals surface area contributed by atoms with Gasteiger partial charge in [-0.25, -0.2) is 0 Å². The zero-order valence-electron chi connectivity index (χ0n) is 35.0. The summed E-state index contributed by atoms with van der Waals surface area (Å²) in [7, 11) is 4.89. The molecule has 5 rings (SSSR count). The monoisotopic (exact) mass is 835 g/mol. The first-order valence-corrected chi connectivity index (χ1v) is 22.6. The number of anilines is 2. The average Bonchev–Trinajstić information content (AvgIpc) is 3.80. The van der Waals surface area contributed by atoms with Crippen LogP contribution in [-0.2, 0) is 28.5 Å². The van der Waals surface area contributed by atoms with Crippen LogP contribution in [0.2, 0.25) is 0 Å². The smallest absolute Gasteiger partial charge is 0.344 e. The Hall–Kier alpha value is -6.11. The van der Waals surface area contributed by atoms with Crippen LogP contribution in [0, 0.1) is 0 Å². The molecule has 0 aliphatic rings. The standard InChI is InChI=1S/C45H58N9O5P/c1-52(2)29-16-26-46-41(56)24-28-48-44(58)38-31-34(32-53(38)3)49-45(59)43-51-39(33-54(43)4)50-42(57)25-27-47-40(55)23-14-15-30-60(35-17-8-5-9-18-35,36-19-10-6-11-20-36)37-21-12-7-13-22-37/h5-13,17-22,31-33,60H,14-16,23-30H2,1-4H3,(H,46,56)(H,47,55)(H,48,58)(H,49,59)(H,50,57).